The monoisotopic (exact) mass is 689 g/mol. The lowest BCUT2D eigenvalue weighted by Gasteiger charge is -2.31. The molecule has 0 aromatic heterocycles. The average molecular weight is 690 g/mol. The molecule has 42 heavy (non-hydrogen) atoms. The van der Waals surface area contributed by atoms with Gasteiger partial charge in [0.2, 0.25) is 5.91 Å². The number of aliphatic hydroxyl groups is 1. The van der Waals surface area contributed by atoms with Crippen LogP contribution >= 0.6 is 22.6 Å². The Balaban J connectivity index is 1.32. The number of nitrogens with one attached hydrogen (secondary N) is 1. The van der Waals surface area contributed by atoms with E-state index in [1.807, 2.05) is 36.4 Å². The van der Waals surface area contributed by atoms with Gasteiger partial charge in [0.1, 0.15) is 23.9 Å². The van der Waals surface area contributed by atoms with Crippen LogP contribution in [0.5, 0.6) is 0 Å². The number of carbonyl (C=O) groups is 3. The number of carbonyl (C=O) groups excluding carboxylic acids is 3. The second-order valence-electron chi connectivity index (χ2n) is 12.0. The van der Waals surface area contributed by atoms with E-state index < -0.39 is 53.6 Å². The van der Waals surface area contributed by atoms with E-state index in [1.165, 1.54) is 0 Å². The van der Waals surface area contributed by atoms with E-state index in [9.17, 15) is 19.5 Å². The Morgan fingerprint density at radius 2 is 1.74 bits per heavy atom. The summed E-state index contributed by atoms with van der Waals surface area (Å²) >= 11 is 2.17. The topological polar surface area (TPSA) is 120 Å². The molecule has 2 aliphatic carbocycles. The molecule has 2 aromatic rings. The van der Waals surface area contributed by atoms with Crippen LogP contribution in [0, 0.1) is 3.57 Å². The van der Waals surface area contributed by atoms with Gasteiger partial charge in [0.05, 0.1) is 18.2 Å². The highest BCUT2D eigenvalue weighted by Gasteiger charge is 2.55. The molecule has 10 heteroatoms. The third-order valence-electron chi connectivity index (χ3n) is 7.52. The van der Waals surface area contributed by atoms with Crippen LogP contribution in [-0.4, -0.2) is 65.3 Å². The summed E-state index contributed by atoms with van der Waals surface area (Å²) in [4.78, 5) is 38.7. The Morgan fingerprint density at radius 3 is 2.36 bits per heavy atom. The number of amides is 1. The molecule has 9 nitrogen and oxygen atoms in total. The fraction of sp³-hybridized carbons (Fsp3) is 0.469. The largest absolute Gasteiger partial charge is 0.460 e. The molecule has 0 bridgehead atoms. The first kappa shape index (κ1) is 30.7. The summed E-state index contributed by atoms with van der Waals surface area (Å²) in [6.45, 7) is 5.00. The van der Waals surface area contributed by atoms with Gasteiger partial charge in [0.15, 0.2) is 5.79 Å². The Kier molecular flexibility index (Phi) is 9.08. The predicted molar refractivity (Wildman–Crippen MR) is 161 cm³/mol. The van der Waals surface area contributed by atoms with Crippen LogP contribution in [0.1, 0.15) is 61.5 Å². The van der Waals surface area contributed by atoms with Crippen LogP contribution in [0.4, 0.5) is 0 Å². The molecule has 3 aliphatic rings. The van der Waals surface area contributed by atoms with Crippen molar-refractivity contribution in [1.29, 1.82) is 0 Å². The van der Waals surface area contributed by atoms with E-state index in [-0.39, 0.29) is 25.9 Å². The lowest BCUT2D eigenvalue weighted by atomic mass is 9.91. The number of benzene rings is 2. The lowest BCUT2D eigenvalue weighted by molar-refractivity contribution is -0.172. The van der Waals surface area contributed by atoms with Crippen LogP contribution in [0.2, 0.25) is 0 Å². The zero-order chi connectivity index (χ0) is 30.1. The van der Waals surface area contributed by atoms with Gasteiger partial charge in [-0.05, 0) is 91.3 Å². The van der Waals surface area contributed by atoms with Crippen molar-refractivity contribution in [2.45, 2.75) is 88.6 Å². The molecule has 2 N–H and O–H groups in total. The minimum absolute atomic E-state index is 0.0444. The summed E-state index contributed by atoms with van der Waals surface area (Å²) in [5, 5.41) is 12.7. The molecule has 224 valence electrons. The molecular formula is C32H36INO8. The van der Waals surface area contributed by atoms with Crippen LogP contribution in [0.25, 0.3) is 0 Å². The quantitative estimate of drug-likeness (QED) is 0.315. The molecule has 4 atom stereocenters. The maximum atomic E-state index is 13.4. The summed E-state index contributed by atoms with van der Waals surface area (Å²) in [6, 6.07) is 14.5. The molecule has 1 saturated heterocycles. The predicted octanol–water partition coefficient (Wildman–Crippen LogP) is 4.02. The highest BCUT2D eigenvalue weighted by molar-refractivity contribution is 14.1. The molecule has 1 spiro atoms. The molecule has 1 aliphatic heterocycles. The first-order chi connectivity index (χ1) is 19.9. The first-order valence-electron chi connectivity index (χ1n) is 14.2. The minimum Gasteiger partial charge on any atom is -0.460 e. The van der Waals surface area contributed by atoms with Gasteiger partial charge in [-0.2, -0.15) is 0 Å². The van der Waals surface area contributed by atoms with E-state index in [0.29, 0.717) is 24.0 Å². The van der Waals surface area contributed by atoms with Crippen molar-refractivity contribution >= 4 is 40.4 Å². The third-order valence-corrected chi connectivity index (χ3v) is 8.24. The second kappa shape index (κ2) is 12.4. The number of rotatable bonds is 8. The number of halogens is 1. The van der Waals surface area contributed by atoms with Gasteiger partial charge >= 0.3 is 11.9 Å². The van der Waals surface area contributed by atoms with E-state index in [0.717, 1.165) is 14.7 Å². The highest BCUT2D eigenvalue weighted by atomic mass is 127. The maximum absolute atomic E-state index is 13.4. The van der Waals surface area contributed by atoms with Crippen molar-refractivity contribution < 1.29 is 38.4 Å². The smallest absolute Gasteiger partial charge is 0.338 e. The number of esters is 2. The Hall–Kier alpha value is -2.80. The van der Waals surface area contributed by atoms with Gasteiger partial charge < -0.3 is 29.4 Å². The fourth-order valence-electron chi connectivity index (χ4n) is 5.63. The van der Waals surface area contributed by atoms with Gasteiger partial charge in [-0.3, -0.25) is 9.59 Å². The molecule has 1 fully saturated rings. The summed E-state index contributed by atoms with van der Waals surface area (Å²) in [6.07, 6.45) is 1.23. The highest BCUT2D eigenvalue weighted by Crippen LogP contribution is 2.45. The first-order valence-corrected chi connectivity index (χ1v) is 15.2. The molecule has 1 amide bonds. The van der Waals surface area contributed by atoms with Gasteiger partial charge in [0.25, 0.3) is 0 Å². The van der Waals surface area contributed by atoms with Crippen LogP contribution in [0.15, 0.2) is 60.2 Å². The molecule has 0 saturated carbocycles. The standard InChI is InChI=1S/C32H36INO8/c1-31(2,3)41-27(36)13-12-24(18-35)34-29(37)22-14-25(39-30(38)19-8-10-23(33)11-9-19)28-26(15-22)40-32(42-28)16-20-6-4-5-7-21(20)17-32/h4-11,15,24-26,28,35H,12-14,16-18H2,1-3H3,(H,34,37)/t24-,25+,26+,28-/m0/s1. The normalized spacial score (nSPS) is 23.0. The summed E-state index contributed by atoms with van der Waals surface area (Å²) in [5.74, 6) is -2.25. The van der Waals surface area contributed by atoms with Crippen LogP contribution < -0.4 is 5.32 Å². The SMILES string of the molecule is CC(C)(C)OC(=O)CC[C@@H](CO)NC(=O)C1=C[C@H]2OC3(Cc4ccccc4C3)O[C@H]2[C@H](OC(=O)c2ccc(I)cc2)C1. The fourth-order valence-corrected chi connectivity index (χ4v) is 5.99. The van der Waals surface area contributed by atoms with Crippen LogP contribution in [0.3, 0.4) is 0 Å². The zero-order valence-corrected chi connectivity index (χ0v) is 26.1. The average Bonchev–Trinajstić information content (AvgIpc) is 3.48. The Labute approximate surface area is 259 Å². The van der Waals surface area contributed by atoms with Crippen molar-refractivity contribution in [1.82, 2.24) is 5.32 Å². The van der Waals surface area contributed by atoms with Gasteiger partial charge in [-0.15, -0.1) is 0 Å². The van der Waals surface area contributed by atoms with Crippen molar-refractivity contribution in [2.75, 3.05) is 6.61 Å². The van der Waals surface area contributed by atoms with E-state index in [1.54, 1.807) is 39.0 Å². The van der Waals surface area contributed by atoms with E-state index in [2.05, 4.69) is 27.9 Å². The molecule has 5 rings (SSSR count). The molecule has 2 aromatic carbocycles. The summed E-state index contributed by atoms with van der Waals surface area (Å²) in [7, 11) is 0. The minimum atomic E-state index is -0.907. The van der Waals surface area contributed by atoms with Crippen LogP contribution in [-0.2, 0) is 41.4 Å². The number of ether oxygens (including phenoxy) is 4. The van der Waals surface area contributed by atoms with Crippen molar-refractivity contribution in [3.8, 4) is 0 Å². The summed E-state index contributed by atoms with van der Waals surface area (Å²) < 4.78 is 25.3. The zero-order valence-electron chi connectivity index (χ0n) is 23.9. The van der Waals surface area contributed by atoms with Gasteiger partial charge in [-0.25, -0.2) is 4.79 Å². The Morgan fingerprint density at radius 1 is 1.07 bits per heavy atom. The second-order valence-corrected chi connectivity index (χ2v) is 13.3. The number of aliphatic hydroxyl groups excluding tert-OH is 1. The number of hydrogen-bond donors (Lipinski definition) is 2. The van der Waals surface area contributed by atoms with Crippen molar-refractivity contribution in [3.63, 3.8) is 0 Å². The number of fused-ring (bicyclic) bond motifs is 2. The lowest BCUT2D eigenvalue weighted by Crippen LogP contribution is -2.45. The molecular weight excluding hydrogens is 653 g/mol. The van der Waals surface area contributed by atoms with E-state index in [4.69, 9.17) is 18.9 Å². The van der Waals surface area contributed by atoms with Crippen molar-refractivity contribution in [3.05, 3.63) is 80.4 Å². The van der Waals surface area contributed by atoms with Crippen molar-refractivity contribution in [2.24, 2.45) is 0 Å². The third kappa shape index (κ3) is 7.21. The van der Waals surface area contributed by atoms with Gasteiger partial charge in [-0.1, -0.05) is 24.3 Å². The summed E-state index contributed by atoms with van der Waals surface area (Å²) in [5.41, 5.74) is 2.42. The molecule has 1 heterocycles. The Bertz CT molecular complexity index is 1340. The molecule has 0 radical (unpaired) electrons. The van der Waals surface area contributed by atoms with Gasteiger partial charge in [0, 0.05) is 34.8 Å². The number of hydrogen-bond acceptors (Lipinski definition) is 8. The van der Waals surface area contributed by atoms with E-state index >= 15 is 0 Å². The molecule has 0 unspecified atom stereocenters. The maximum Gasteiger partial charge on any atom is 0.338 e.